The summed E-state index contributed by atoms with van der Waals surface area (Å²) in [6.45, 7) is 4.20. The van der Waals surface area contributed by atoms with Gasteiger partial charge in [0.15, 0.2) is 9.84 Å². The normalized spacial score (nSPS) is 19.3. The van der Waals surface area contributed by atoms with Crippen molar-refractivity contribution in [3.8, 4) is 0 Å². The van der Waals surface area contributed by atoms with Crippen LogP contribution < -0.4 is 5.32 Å². The molecule has 1 atom stereocenters. The number of halogens is 1. The van der Waals surface area contributed by atoms with Crippen LogP contribution in [-0.2, 0) is 16.4 Å². The maximum atomic E-state index is 11.4. The lowest BCUT2D eigenvalue weighted by molar-refractivity contribution is 0.237. The lowest BCUT2D eigenvalue weighted by Crippen LogP contribution is -2.36. The molecule has 1 aromatic carbocycles. The molecule has 1 aromatic rings. The van der Waals surface area contributed by atoms with Crippen molar-refractivity contribution in [3.05, 3.63) is 29.8 Å². The van der Waals surface area contributed by atoms with Crippen molar-refractivity contribution >= 4 is 22.2 Å². The second kappa shape index (κ2) is 8.13. The summed E-state index contributed by atoms with van der Waals surface area (Å²) in [5.41, 5.74) is 1.16. The van der Waals surface area contributed by atoms with Crippen molar-refractivity contribution in [2.45, 2.75) is 24.3 Å². The van der Waals surface area contributed by atoms with Crippen molar-refractivity contribution in [2.75, 3.05) is 32.9 Å². The number of rotatable bonds is 5. The lowest BCUT2D eigenvalue weighted by Gasteiger charge is -2.27. The average Bonchev–Trinajstić information content (AvgIpc) is 2.39. The Bertz CT molecular complexity index is 525. The second-order valence-corrected chi connectivity index (χ2v) is 7.84. The first-order valence-corrected chi connectivity index (χ1v) is 9.02. The molecule has 120 valence electrons. The molecule has 21 heavy (non-hydrogen) atoms. The maximum absolute atomic E-state index is 11.4. The molecule has 0 amide bonds. The van der Waals surface area contributed by atoms with Crippen molar-refractivity contribution in [2.24, 2.45) is 5.92 Å². The topological polar surface area (TPSA) is 49.4 Å². The third-order valence-corrected chi connectivity index (χ3v) is 4.90. The van der Waals surface area contributed by atoms with Crippen LogP contribution in [0.15, 0.2) is 29.2 Å². The van der Waals surface area contributed by atoms with E-state index in [1.807, 2.05) is 12.1 Å². The van der Waals surface area contributed by atoms with Gasteiger partial charge in [0.25, 0.3) is 0 Å². The molecule has 0 aromatic heterocycles. The molecular formula is C15H25ClN2O2S. The highest BCUT2D eigenvalue weighted by atomic mass is 35.5. The van der Waals surface area contributed by atoms with Crippen LogP contribution in [0.5, 0.6) is 0 Å². The summed E-state index contributed by atoms with van der Waals surface area (Å²) in [5, 5.41) is 3.43. The van der Waals surface area contributed by atoms with Crippen molar-refractivity contribution in [1.29, 1.82) is 0 Å². The highest BCUT2D eigenvalue weighted by Gasteiger charge is 2.15. The van der Waals surface area contributed by atoms with Gasteiger partial charge in [0.05, 0.1) is 4.90 Å². The molecule has 2 rings (SSSR count). The van der Waals surface area contributed by atoms with E-state index < -0.39 is 9.84 Å². The van der Waals surface area contributed by atoms with Gasteiger partial charge in [-0.3, -0.25) is 0 Å². The summed E-state index contributed by atoms with van der Waals surface area (Å²) in [6.07, 6.45) is 3.80. The molecule has 1 N–H and O–H groups in total. The molecule has 0 aliphatic carbocycles. The number of piperidine rings is 1. The number of nitrogens with one attached hydrogen (secondary N) is 1. The zero-order valence-electron chi connectivity index (χ0n) is 12.7. The molecule has 6 heteroatoms. The molecule has 1 fully saturated rings. The van der Waals surface area contributed by atoms with Gasteiger partial charge >= 0.3 is 0 Å². The first-order chi connectivity index (χ1) is 9.45. The van der Waals surface area contributed by atoms with Gasteiger partial charge in [-0.25, -0.2) is 8.42 Å². The Kier molecular flexibility index (Phi) is 7.13. The summed E-state index contributed by atoms with van der Waals surface area (Å²) in [7, 11) is -0.969. The van der Waals surface area contributed by atoms with Gasteiger partial charge in [-0.2, -0.15) is 0 Å². The molecule has 0 saturated carbocycles. The fourth-order valence-corrected chi connectivity index (χ4v) is 3.37. The monoisotopic (exact) mass is 332 g/mol. The minimum atomic E-state index is -3.09. The Morgan fingerprint density at radius 3 is 2.48 bits per heavy atom. The minimum absolute atomic E-state index is 0. The van der Waals surface area contributed by atoms with E-state index in [1.165, 1.54) is 19.1 Å². The molecule has 1 unspecified atom stereocenters. The number of sulfone groups is 1. The third kappa shape index (κ3) is 5.94. The molecular weight excluding hydrogens is 308 g/mol. The highest BCUT2D eigenvalue weighted by Crippen LogP contribution is 2.14. The van der Waals surface area contributed by atoms with E-state index in [1.54, 1.807) is 12.1 Å². The van der Waals surface area contributed by atoms with Gasteiger partial charge in [-0.05, 0) is 56.6 Å². The number of hydrogen-bond donors (Lipinski definition) is 1. The van der Waals surface area contributed by atoms with E-state index >= 15 is 0 Å². The fourth-order valence-electron chi connectivity index (χ4n) is 2.74. The van der Waals surface area contributed by atoms with Crippen molar-refractivity contribution in [1.82, 2.24) is 10.2 Å². The fraction of sp³-hybridized carbons (Fsp3) is 0.600. The zero-order valence-corrected chi connectivity index (χ0v) is 14.3. The minimum Gasteiger partial charge on any atom is -0.316 e. The second-order valence-electron chi connectivity index (χ2n) is 5.83. The van der Waals surface area contributed by atoms with E-state index in [0.29, 0.717) is 4.90 Å². The predicted molar refractivity (Wildman–Crippen MR) is 88.7 cm³/mol. The van der Waals surface area contributed by atoms with Crippen LogP contribution in [0.3, 0.4) is 0 Å². The summed E-state index contributed by atoms with van der Waals surface area (Å²) in [5.74, 6) is 0.726. The van der Waals surface area contributed by atoms with Crippen LogP contribution in [0.2, 0.25) is 0 Å². The van der Waals surface area contributed by atoms with Crippen molar-refractivity contribution in [3.63, 3.8) is 0 Å². The Hall–Kier alpha value is -0.620. The van der Waals surface area contributed by atoms with E-state index in [9.17, 15) is 8.42 Å². The van der Waals surface area contributed by atoms with Crippen LogP contribution in [0.25, 0.3) is 0 Å². The molecule has 1 aliphatic rings. The van der Waals surface area contributed by atoms with Crippen LogP contribution in [0, 0.1) is 5.92 Å². The molecule has 0 bridgehead atoms. The zero-order chi connectivity index (χ0) is 14.6. The summed E-state index contributed by atoms with van der Waals surface area (Å²) >= 11 is 0. The van der Waals surface area contributed by atoms with E-state index in [-0.39, 0.29) is 12.4 Å². The third-order valence-electron chi connectivity index (χ3n) is 3.77. The van der Waals surface area contributed by atoms with Gasteiger partial charge in [0.2, 0.25) is 0 Å². The molecule has 1 saturated heterocycles. The van der Waals surface area contributed by atoms with Gasteiger partial charge < -0.3 is 10.2 Å². The quantitative estimate of drug-likeness (QED) is 0.895. The van der Waals surface area contributed by atoms with Crippen LogP contribution in [0.1, 0.15) is 18.4 Å². The number of benzene rings is 1. The Morgan fingerprint density at radius 2 is 1.95 bits per heavy atom. The lowest BCUT2D eigenvalue weighted by atomic mass is 9.99. The SMILES string of the molecule is CN(Cc1ccc(S(C)(=O)=O)cc1)CC1CCCNC1.Cl. The summed E-state index contributed by atoms with van der Waals surface area (Å²) in [6, 6.07) is 7.21. The molecule has 0 spiro atoms. The first-order valence-electron chi connectivity index (χ1n) is 7.13. The Balaban J connectivity index is 0.00000220. The molecule has 1 aliphatic heterocycles. The van der Waals surface area contributed by atoms with Crippen LogP contribution >= 0.6 is 12.4 Å². The maximum Gasteiger partial charge on any atom is 0.175 e. The van der Waals surface area contributed by atoms with Gasteiger partial charge in [0.1, 0.15) is 0 Å². The van der Waals surface area contributed by atoms with Gasteiger partial charge in [-0.1, -0.05) is 12.1 Å². The average molecular weight is 333 g/mol. The number of nitrogens with zero attached hydrogens (tertiary/aromatic N) is 1. The number of hydrogen-bond acceptors (Lipinski definition) is 4. The highest BCUT2D eigenvalue weighted by molar-refractivity contribution is 7.90. The Labute approximate surface area is 134 Å². The summed E-state index contributed by atoms with van der Waals surface area (Å²) < 4.78 is 22.8. The molecule has 4 nitrogen and oxygen atoms in total. The van der Waals surface area contributed by atoms with Gasteiger partial charge in [-0.15, -0.1) is 12.4 Å². The smallest absolute Gasteiger partial charge is 0.175 e. The molecule has 1 heterocycles. The standard InChI is InChI=1S/C15H24N2O2S.ClH/c1-17(12-14-4-3-9-16-10-14)11-13-5-7-15(8-6-13)20(2,18)19;/h5-8,14,16H,3-4,9-12H2,1-2H3;1H. The largest absolute Gasteiger partial charge is 0.316 e. The first kappa shape index (κ1) is 18.4. The van der Waals surface area contributed by atoms with Gasteiger partial charge in [0, 0.05) is 19.3 Å². The van der Waals surface area contributed by atoms with E-state index in [4.69, 9.17) is 0 Å². The van der Waals surface area contributed by atoms with Crippen LogP contribution in [-0.4, -0.2) is 46.3 Å². The summed E-state index contributed by atoms with van der Waals surface area (Å²) in [4.78, 5) is 2.70. The van der Waals surface area contributed by atoms with E-state index in [0.717, 1.165) is 37.7 Å². The molecule has 0 radical (unpaired) electrons. The van der Waals surface area contributed by atoms with Crippen LogP contribution in [0.4, 0.5) is 0 Å². The Morgan fingerprint density at radius 1 is 1.29 bits per heavy atom. The van der Waals surface area contributed by atoms with Crippen molar-refractivity contribution < 1.29 is 8.42 Å². The van der Waals surface area contributed by atoms with E-state index in [2.05, 4.69) is 17.3 Å². The predicted octanol–water partition coefficient (Wildman–Crippen LogP) is 1.94.